The molecule has 2 rings (SSSR count). The molecule has 0 bridgehead atoms. The third-order valence-electron chi connectivity index (χ3n) is 3.36. The summed E-state index contributed by atoms with van der Waals surface area (Å²) in [7, 11) is 5.27. The average Bonchev–Trinajstić information content (AvgIpc) is 2.53. The van der Waals surface area contributed by atoms with Gasteiger partial charge in [0.05, 0.1) is 14.2 Å². The number of halogens is 1. The van der Waals surface area contributed by atoms with E-state index in [0.29, 0.717) is 0 Å². The Balaban J connectivity index is 2.29. The molecule has 5 heteroatoms. The van der Waals surface area contributed by atoms with Gasteiger partial charge in [-0.2, -0.15) is 0 Å². The zero-order valence-corrected chi connectivity index (χ0v) is 14.0. The molecule has 1 N–H and O–H groups in total. The summed E-state index contributed by atoms with van der Waals surface area (Å²) in [6, 6.07) is 9.93. The van der Waals surface area contributed by atoms with Gasteiger partial charge < -0.3 is 14.8 Å². The first kappa shape index (κ1) is 15.8. The molecule has 112 valence electrons. The highest BCUT2D eigenvalue weighted by Gasteiger charge is 2.16. The molecule has 0 aliphatic rings. The lowest BCUT2D eigenvalue weighted by molar-refractivity contribution is 0.391. The van der Waals surface area contributed by atoms with Crippen molar-refractivity contribution < 1.29 is 9.47 Å². The second-order valence-corrected chi connectivity index (χ2v) is 5.54. The van der Waals surface area contributed by atoms with Gasteiger partial charge in [0, 0.05) is 34.4 Å². The van der Waals surface area contributed by atoms with Crippen LogP contribution in [0.15, 0.2) is 41.0 Å². The van der Waals surface area contributed by atoms with E-state index in [1.165, 1.54) is 0 Å². The fourth-order valence-corrected chi connectivity index (χ4v) is 2.45. The highest BCUT2D eigenvalue weighted by atomic mass is 79.9. The number of nitrogens with zero attached hydrogens (tertiary/aromatic N) is 1. The monoisotopic (exact) mass is 350 g/mol. The molecule has 4 nitrogen and oxygen atoms in total. The topological polar surface area (TPSA) is 43.4 Å². The summed E-state index contributed by atoms with van der Waals surface area (Å²) in [6.45, 7) is 0. The lowest BCUT2D eigenvalue weighted by atomic mass is 10.0. The SMILES string of the molecule is CNC(Cc1ccc(Br)cn1)c1cc(OC)ccc1OC. The predicted molar refractivity (Wildman–Crippen MR) is 87.0 cm³/mol. The van der Waals surface area contributed by atoms with E-state index in [-0.39, 0.29) is 6.04 Å². The van der Waals surface area contributed by atoms with Crippen molar-refractivity contribution in [3.63, 3.8) is 0 Å². The van der Waals surface area contributed by atoms with Gasteiger partial charge in [-0.15, -0.1) is 0 Å². The van der Waals surface area contributed by atoms with Crippen LogP contribution in [0, 0.1) is 0 Å². The van der Waals surface area contributed by atoms with Crippen LogP contribution >= 0.6 is 15.9 Å². The third-order valence-corrected chi connectivity index (χ3v) is 3.83. The van der Waals surface area contributed by atoms with Crippen molar-refractivity contribution >= 4 is 15.9 Å². The Hall–Kier alpha value is -1.59. The highest BCUT2D eigenvalue weighted by Crippen LogP contribution is 2.31. The fourth-order valence-electron chi connectivity index (χ4n) is 2.22. The molecular weight excluding hydrogens is 332 g/mol. The molecule has 0 radical (unpaired) electrons. The average molecular weight is 351 g/mol. The number of rotatable bonds is 6. The molecule has 0 aliphatic heterocycles. The number of likely N-dealkylation sites (N-methyl/N-ethyl adjacent to an activating group) is 1. The van der Waals surface area contributed by atoms with Gasteiger partial charge in [0.1, 0.15) is 11.5 Å². The second kappa shape index (κ2) is 7.43. The Bertz CT molecular complexity index is 587. The Morgan fingerprint density at radius 2 is 2.00 bits per heavy atom. The normalized spacial score (nSPS) is 12.0. The lowest BCUT2D eigenvalue weighted by Gasteiger charge is -2.20. The van der Waals surface area contributed by atoms with Gasteiger partial charge >= 0.3 is 0 Å². The second-order valence-electron chi connectivity index (χ2n) is 4.62. The summed E-state index contributed by atoms with van der Waals surface area (Å²) in [6.07, 6.45) is 2.58. The molecule has 0 saturated carbocycles. The van der Waals surface area contributed by atoms with E-state index in [4.69, 9.17) is 9.47 Å². The van der Waals surface area contributed by atoms with Crippen LogP contribution in [0.5, 0.6) is 11.5 Å². The Morgan fingerprint density at radius 3 is 2.57 bits per heavy atom. The molecule has 0 amide bonds. The van der Waals surface area contributed by atoms with Crippen molar-refractivity contribution in [2.24, 2.45) is 0 Å². The van der Waals surface area contributed by atoms with E-state index in [0.717, 1.165) is 33.6 Å². The summed E-state index contributed by atoms with van der Waals surface area (Å²) < 4.78 is 11.7. The summed E-state index contributed by atoms with van der Waals surface area (Å²) in [5, 5.41) is 3.32. The maximum atomic E-state index is 5.46. The van der Waals surface area contributed by atoms with Gasteiger partial charge in [0.25, 0.3) is 0 Å². The van der Waals surface area contributed by atoms with Crippen LogP contribution in [-0.2, 0) is 6.42 Å². The summed E-state index contributed by atoms with van der Waals surface area (Å²) in [4.78, 5) is 4.43. The first-order valence-electron chi connectivity index (χ1n) is 6.67. The maximum Gasteiger partial charge on any atom is 0.123 e. The van der Waals surface area contributed by atoms with E-state index in [1.54, 1.807) is 14.2 Å². The van der Waals surface area contributed by atoms with Gasteiger partial charge in [-0.25, -0.2) is 0 Å². The lowest BCUT2D eigenvalue weighted by Crippen LogP contribution is -2.20. The van der Waals surface area contributed by atoms with E-state index >= 15 is 0 Å². The molecule has 0 aliphatic carbocycles. The van der Waals surface area contributed by atoms with Gasteiger partial charge in [-0.1, -0.05) is 0 Å². The van der Waals surface area contributed by atoms with Crippen LogP contribution in [-0.4, -0.2) is 26.3 Å². The number of methoxy groups -OCH3 is 2. The summed E-state index contributed by atoms with van der Waals surface area (Å²) >= 11 is 3.40. The molecular formula is C16H19BrN2O2. The van der Waals surface area contributed by atoms with Gasteiger partial charge in [-0.3, -0.25) is 4.98 Å². The number of hydrogen-bond donors (Lipinski definition) is 1. The van der Waals surface area contributed by atoms with Crippen LogP contribution in [0.25, 0.3) is 0 Å². The summed E-state index contributed by atoms with van der Waals surface area (Å²) in [5.41, 5.74) is 2.08. The van der Waals surface area contributed by atoms with E-state index < -0.39 is 0 Å². The standard InChI is InChI=1S/C16H19BrN2O2/c1-18-15(8-12-5-4-11(17)10-19-12)14-9-13(20-2)6-7-16(14)21-3/h4-7,9-10,15,18H,8H2,1-3H3. The van der Waals surface area contributed by atoms with Gasteiger partial charge in [-0.05, 0) is 53.3 Å². The quantitative estimate of drug-likeness (QED) is 0.867. The van der Waals surface area contributed by atoms with Crippen LogP contribution in [0.3, 0.4) is 0 Å². The van der Waals surface area contributed by atoms with Crippen LogP contribution < -0.4 is 14.8 Å². The Morgan fingerprint density at radius 1 is 1.19 bits per heavy atom. The molecule has 0 saturated heterocycles. The molecule has 1 heterocycles. The molecule has 1 aromatic carbocycles. The van der Waals surface area contributed by atoms with E-state index in [1.807, 2.05) is 43.6 Å². The number of benzene rings is 1. The first-order valence-corrected chi connectivity index (χ1v) is 7.47. The number of aromatic nitrogens is 1. The van der Waals surface area contributed by atoms with Gasteiger partial charge in [0.15, 0.2) is 0 Å². The molecule has 0 fully saturated rings. The number of hydrogen-bond acceptors (Lipinski definition) is 4. The Kier molecular flexibility index (Phi) is 5.59. The Labute approximate surface area is 133 Å². The predicted octanol–water partition coefficient (Wildman–Crippen LogP) is 3.36. The molecule has 1 aromatic heterocycles. The minimum absolute atomic E-state index is 0.101. The number of nitrogens with one attached hydrogen (secondary N) is 1. The summed E-state index contributed by atoms with van der Waals surface area (Å²) in [5.74, 6) is 1.65. The van der Waals surface area contributed by atoms with E-state index in [2.05, 4.69) is 26.2 Å². The highest BCUT2D eigenvalue weighted by molar-refractivity contribution is 9.10. The zero-order valence-electron chi connectivity index (χ0n) is 12.4. The molecule has 21 heavy (non-hydrogen) atoms. The number of pyridine rings is 1. The largest absolute Gasteiger partial charge is 0.497 e. The van der Waals surface area contributed by atoms with Crippen molar-refractivity contribution in [3.8, 4) is 11.5 Å². The molecule has 2 aromatic rings. The van der Waals surface area contributed by atoms with Crippen molar-refractivity contribution in [2.75, 3.05) is 21.3 Å². The third kappa shape index (κ3) is 3.95. The number of ether oxygens (including phenoxy) is 2. The van der Waals surface area contributed by atoms with Gasteiger partial charge in [0.2, 0.25) is 0 Å². The van der Waals surface area contributed by atoms with Crippen molar-refractivity contribution in [2.45, 2.75) is 12.5 Å². The molecule has 1 unspecified atom stereocenters. The van der Waals surface area contributed by atoms with Crippen molar-refractivity contribution in [1.82, 2.24) is 10.3 Å². The minimum atomic E-state index is 0.101. The fraction of sp³-hybridized carbons (Fsp3) is 0.312. The van der Waals surface area contributed by atoms with Crippen molar-refractivity contribution in [3.05, 3.63) is 52.3 Å². The molecule has 0 spiro atoms. The van der Waals surface area contributed by atoms with Crippen molar-refractivity contribution in [1.29, 1.82) is 0 Å². The minimum Gasteiger partial charge on any atom is -0.497 e. The first-order chi connectivity index (χ1) is 10.2. The van der Waals surface area contributed by atoms with E-state index in [9.17, 15) is 0 Å². The maximum absolute atomic E-state index is 5.46. The zero-order chi connectivity index (χ0) is 15.2. The smallest absolute Gasteiger partial charge is 0.123 e. The molecule has 1 atom stereocenters. The van der Waals surface area contributed by atoms with Crippen LogP contribution in [0.2, 0.25) is 0 Å². The van der Waals surface area contributed by atoms with Crippen LogP contribution in [0.4, 0.5) is 0 Å². The van der Waals surface area contributed by atoms with Crippen LogP contribution in [0.1, 0.15) is 17.3 Å².